The zero-order chi connectivity index (χ0) is 23.4. The van der Waals surface area contributed by atoms with Gasteiger partial charge in [0.1, 0.15) is 17.2 Å². The van der Waals surface area contributed by atoms with Crippen LogP contribution in [0.25, 0.3) is 11.4 Å². The first kappa shape index (κ1) is 23.1. The molecule has 0 bridgehead atoms. The van der Waals surface area contributed by atoms with Gasteiger partial charge in [-0.3, -0.25) is 4.79 Å². The Morgan fingerprint density at radius 2 is 1.84 bits per heavy atom. The summed E-state index contributed by atoms with van der Waals surface area (Å²) in [4.78, 5) is 18.8. The monoisotopic (exact) mass is 439 g/mol. The number of ether oxygens (including phenoxy) is 3. The van der Waals surface area contributed by atoms with Crippen LogP contribution < -0.4 is 14.2 Å². The molecular formula is C24H29N3O5. The molecule has 0 radical (unpaired) electrons. The van der Waals surface area contributed by atoms with Crippen LogP contribution in [0.1, 0.15) is 29.5 Å². The van der Waals surface area contributed by atoms with E-state index in [0.717, 1.165) is 16.7 Å². The van der Waals surface area contributed by atoms with Crippen LogP contribution in [0.5, 0.6) is 17.2 Å². The first-order valence-electron chi connectivity index (χ1n) is 10.3. The molecule has 8 nitrogen and oxygen atoms in total. The molecule has 1 amide bonds. The lowest BCUT2D eigenvalue weighted by Gasteiger charge is -2.22. The lowest BCUT2D eigenvalue weighted by atomic mass is 10.1. The average Bonchev–Trinajstić information content (AvgIpc) is 3.24. The molecule has 32 heavy (non-hydrogen) atoms. The number of rotatable bonds is 8. The Morgan fingerprint density at radius 3 is 2.53 bits per heavy atom. The largest absolute Gasteiger partial charge is 0.497 e. The second-order valence-corrected chi connectivity index (χ2v) is 7.74. The van der Waals surface area contributed by atoms with Crippen LogP contribution in [0.2, 0.25) is 0 Å². The van der Waals surface area contributed by atoms with Gasteiger partial charge in [0.15, 0.2) is 6.10 Å². The zero-order valence-electron chi connectivity index (χ0n) is 19.6. The van der Waals surface area contributed by atoms with Crippen LogP contribution in [0.15, 0.2) is 34.9 Å². The molecule has 0 aliphatic rings. The van der Waals surface area contributed by atoms with Gasteiger partial charge in [-0.1, -0.05) is 11.2 Å². The first-order valence-corrected chi connectivity index (χ1v) is 10.3. The molecule has 0 saturated carbocycles. The third-order valence-corrected chi connectivity index (χ3v) is 5.28. The summed E-state index contributed by atoms with van der Waals surface area (Å²) in [6, 6.07) is 9.36. The molecule has 0 aliphatic heterocycles. The van der Waals surface area contributed by atoms with Gasteiger partial charge in [-0.2, -0.15) is 4.98 Å². The summed E-state index contributed by atoms with van der Waals surface area (Å²) < 4.78 is 21.9. The van der Waals surface area contributed by atoms with Crippen LogP contribution >= 0.6 is 0 Å². The highest BCUT2D eigenvalue weighted by atomic mass is 16.5. The lowest BCUT2D eigenvalue weighted by Crippen LogP contribution is -2.37. The van der Waals surface area contributed by atoms with Gasteiger partial charge in [0, 0.05) is 13.1 Å². The molecule has 0 saturated heterocycles. The van der Waals surface area contributed by atoms with E-state index in [1.165, 1.54) is 4.90 Å². The van der Waals surface area contributed by atoms with E-state index in [1.807, 2.05) is 26.8 Å². The molecule has 1 atom stereocenters. The standard InChI is InChI=1S/C24H29N3O5/c1-14-10-15(2)16(3)20(11-14)31-17(4)24(28)27(5)13-22-25-23(26-32-22)19-9-8-18(29-6)12-21(19)30-7/h8-12,17H,13H2,1-7H3/t17-/m1/s1. The Bertz CT molecular complexity index is 1110. The fourth-order valence-electron chi connectivity index (χ4n) is 3.37. The molecule has 1 aromatic heterocycles. The van der Waals surface area contributed by atoms with E-state index in [0.29, 0.717) is 34.5 Å². The van der Waals surface area contributed by atoms with Crippen LogP contribution in [0, 0.1) is 20.8 Å². The Morgan fingerprint density at radius 1 is 1.09 bits per heavy atom. The SMILES string of the molecule is COc1ccc(-c2noc(CN(C)C(=O)[C@@H](C)Oc3cc(C)cc(C)c3C)n2)c(OC)c1. The number of amides is 1. The van der Waals surface area contributed by atoms with Crippen molar-refractivity contribution in [1.82, 2.24) is 15.0 Å². The number of nitrogens with zero attached hydrogens (tertiary/aromatic N) is 3. The zero-order valence-corrected chi connectivity index (χ0v) is 19.6. The van der Waals surface area contributed by atoms with Crippen LogP contribution in [0.3, 0.4) is 0 Å². The quantitative estimate of drug-likeness (QED) is 0.522. The highest BCUT2D eigenvalue weighted by molar-refractivity contribution is 5.80. The van der Waals surface area contributed by atoms with E-state index < -0.39 is 6.10 Å². The maximum Gasteiger partial charge on any atom is 0.263 e. The normalized spacial score (nSPS) is 11.7. The molecule has 3 aromatic rings. The number of aryl methyl sites for hydroxylation is 2. The maximum absolute atomic E-state index is 12.9. The second-order valence-electron chi connectivity index (χ2n) is 7.74. The fourth-order valence-corrected chi connectivity index (χ4v) is 3.37. The van der Waals surface area contributed by atoms with Gasteiger partial charge in [0.25, 0.3) is 5.91 Å². The fraction of sp³-hybridized carbons (Fsp3) is 0.375. The summed E-state index contributed by atoms with van der Waals surface area (Å²) in [6.07, 6.45) is -0.663. The minimum absolute atomic E-state index is 0.157. The van der Waals surface area contributed by atoms with Crippen molar-refractivity contribution in [3.8, 4) is 28.6 Å². The van der Waals surface area contributed by atoms with Crippen molar-refractivity contribution in [2.45, 2.75) is 40.3 Å². The minimum Gasteiger partial charge on any atom is -0.497 e. The molecule has 0 unspecified atom stereocenters. The highest BCUT2D eigenvalue weighted by Crippen LogP contribution is 2.31. The molecule has 0 N–H and O–H groups in total. The molecular weight excluding hydrogens is 410 g/mol. The van der Waals surface area contributed by atoms with Gasteiger partial charge >= 0.3 is 0 Å². The second kappa shape index (κ2) is 9.72. The van der Waals surface area contributed by atoms with Crippen molar-refractivity contribution in [3.63, 3.8) is 0 Å². The van der Waals surface area contributed by atoms with Crippen molar-refractivity contribution in [2.75, 3.05) is 21.3 Å². The van der Waals surface area contributed by atoms with Crippen molar-refractivity contribution >= 4 is 5.91 Å². The summed E-state index contributed by atoms with van der Waals surface area (Å²) in [7, 11) is 4.82. The highest BCUT2D eigenvalue weighted by Gasteiger charge is 2.23. The summed E-state index contributed by atoms with van der Waals surface area (Å²) in [5, 5.41) is 4.03. The van der Waals surface area contributed by atoms with E-state index in [1.54, 1.807) is 46.4 Å². The van der Waals surface area contributed by atoms with E-state index in [-0.39, 0.29) is 12.5 Å². The van der Waals surface area contributed by atoms with Crippen LogP contribution in [-0.2, 0) is 11.3 Å². The van der Waals surface area contributed by atoms with Gasteiger partial charge in [0.2, 0.25) is 11.7 Å². The number of benzene rings is 2. The summed E-state index contributed by atoms with van der Waals surface area (Å²) in [6.45, 7) is 7.90. The maximum atomic E-state index is 12.9. The molecule has 0 spiro atoms. The number of methoxy groups -OCH3 is 2. The van der Waals surface area contributed by atoms with Crippen molar-refractivity contribution in [3.05, 3.63) is 52.9 Å². The minimum atomic E-state index is -0.663. The van der Waals surface area contributed by atoms with Crippen molar-refractivity contribution in [2.24, 2.45) is 0 Å². The van der Waals surface area contributed by atoms with Gasteiger partial charge < -0.3 is 23.6 Å². The summed E-state index contributed by atoms with van der Waals surface area (Å²) >= 11 is 0. The Balaban J connectivity index is 1.69. The first-order chi connectivity index (χ1) is 15.2. The average molecular weight is 440 g/mol. The van der Waals surface area contributed by atoms with Gasteiger partial charge in [0.05, 0.1) is 26.3 Å². The molecule has 0 aliphatic carbocycles. The van der Waals surface area contributed by atoms with Crippen molar-refractivity contribution in [1.29, 1.82) is 0 Å². The Hall–Kier alpha value is -3.55. The predicted molar refractivity (Wildman–Crippen MR) is 120 cm³/mol. The van der Waals surface area contributed by atoms with E-state index in [4.69, 9.17) is 18.7 Å². The number of aromatic nitrogens is 2. The molecule has 3 rings (SSSR count). The molecule has 8 heteroatoms. The number of hydrogen-bond acceptors (Lipinski definition) is 7. The van der Waals surface area contributed by atoms with E-state index >= 15 is 0 Å². The number of carbonyl (C=O) groups excluding carboxylic acids is 1. The smallest absolute Gasteiger partial charge is 0.263 e. The Kier molecular flexibility index (Phi) is 7.02. The van der Waals surface area contributed by atoms with E-state index in [9.17, 15) is 4.79 Å². The Labute approximate surface area is 188 Å². The van der Waals surface area contributed by atoms with E-state index in [2.05, 4.69) is 16.2 Å². The van der Waals surface area contributed by atoms with Crippen LogP contribution in [-0.4, -0.2) is 48.3 Å². The summed E-state index contributed by atoms with van der Waals surface area (Å²) in [5.41, 5.74) is 3.90. The molecule has 1 heterocycles. The third-order valence-electron chi connectivity index (χ3n) is 5.28. The molecule has 2 aromatic carbocycles. The predicted octanol–water partition coefficient (Wildman–Crippen LogP) is 4.10. The van der Waals surface area contributed by atoms with Crippen LogP contribution in [0.4, 0.5) is 0 Å². The number of hydrogen-bond donors (Lipinski definition) is 0. The molecule has 170 valence electrons. The topological polar surface area (TPSA) is 86.9 Å². The summed E-state index contributed by atoms with van der Waals surface area (Å²) in [5.74, 6) is 2.42. The number of carbonyl (C=O) groups is 1. The number of likely N-dealkylation sites (N-methyl/N-ethyl adjacent to an activating group) is 1. The van der Waals surface area contributed by atoms with Crippen molar-refractivity contribution < 1.29 is 23.5 Å². The molecule has 0 fully saturated rings. The van der Waals surface area contributed by atoms with Gasteiger partial charge in [-0.05, 0) is 62.6 Å². The van der Waals surface area contributed by atoms with Gasteiger partial charge in [-0.25, -0.2) is 0 Å². The third kappa shape index (κ3) is 5.01. The van der Waals surface area contributed by atoms with Gasteiger partial charge in [-0.15, -0.1) is 0 Å². The lowest BCUT2D eigenvalue weighted by molar-refractivity contribution is -0.137.